The van der Waals surface area contributed by atoms with Gasteiger partial charge < -0.3 is 10.4 Å². The molecule has 0 aliphatic carbocycles. The first-order valence-electron chi connectivity index (χ1n) is 6.68. The van der Waals surface area contributed by atoms with Gasteiger partial charge in [-0.25, -0.2) is 14.3 Å². The van der Waals surface area contributed by atoms with E-state index in [0.717, 1.165) is 4.68 Å². The number of fused-ring (bicyclic) bond motifs is 1. The van der Waals surface area contributed by atoms with Crippen molar-refractivity contribution in [1.29, 1.82) is 0 Å². The molecule has 22 heavy (non-hydrogen) atoms. The van der Waals surface area contributed by atoms with Crippen LogP contribution in [0.5, 0.6) is 0 Å². The van der Waals surface area contributed by atoms with Crippen LogP contribution in [0.25, 0.3) is 5.65 Å². The van der Waals surface area contributed by atoms with Gasteiger partial charge in [0.05, 0.1) is 0 Å². The van der Waals surface area contributed by atoms with Gasteiger partial charge in [-0.1, -0.05) is 6.07 Å². The number of carboxylic acids is 1. The second-order valence-corrected chi connectivity index (χ2v) is 6.21. The number of pyridine rings is 1. The molecule has 116 valence electrons. The van der Waals surface area contributed by atoms with Crippen LogP contribution in [0.2, 0.25) is 0 Å². The Labute approximate surface area is 129 Å². The lowest BCUT2D eigenvalue weighted by Gasteiger charge is -2.24. The van der Waals surface area contributed by atoms with E-state index in [1.165, 1.54) is 16.2 Å². The predicted molar refractivity (Wildman–Crippen MR) is 79.9 cm³/mol. The fourth-order valence-electron chi connectivity index (χ4n) is 2.40. The molecule has 0 unspecified atom stereocenters. The summed E-state index contributed by atoms with van der Waals surface area (Å²) >= 11 is 1.48. The van der Waals surface area contributed by atoms with E-state index in [1.807, 2.05) is 0 Å². The van der Waals surface area contributed by atoms with Crippen molar-refractivity contribution in [3.8, 4) is 0 Å². The molecule has 1 fully saturated rings. The summed E-state index contributed by atoms with van der Waals surface area (Å²) in [6, 6.07) is 5.08. The highest BCUT2D eigenvalue weighted by Gasteiger charge is 2.43. The van der Waals surface area contributed by atoms with Crippen molar-refractivity contribution in [2.24, 2.45) is 0 Å². The molecule has 0 saturated carbocycles. The normalized spacial score (nSPS) is 21.1. The molecular weight excluding hydrogens is 308 g/mol. The second-order valence-electron chi connectivity index (χ2n) is 5.11. The van der Waals surface area contributed by atoms with Gasteiger partial charge in [0.2, 0.25) is 5.91 Å². The lowest BCUT2D eigenvalue weighted by Crippen LogP contribution is -2.55. The number of nitrogens with zero attached hydrogens (tertiary/aromatic N) is 3. The number of thioether (sulfide) groups is 1. The molecule has 8 nitrogen and oxygen atoms in total. The summed E-state index contributed by atoms with van der Waals surface area (Å²) in [5.74, 6) is -0.571. The van der Waals surface area contributed by atoms with E-state index in [0.29, 0.717) is 23.6 Å². The SMILES string of the molecule is O=C(Cn1nc2ccccn2c1=O)N[C@@]1(C(=O)O)CCSC1. The van der Waals surface area contributed by atoms with Crippen LogP contribution in [0.3, 0.4) is 0 Å². The molecule has 1 atom stereocenters. The quantitative estimate of drug-likeness (QED) is 0.791. The van der Waals surface area contributed by atoms with Gasteiger partial charge in [0.25, 0.3) is 0 Å². The molecule has 9 heteroatoms. The minimum absolute atomic E-state index is 0.305. The van der Waals surface area contributed by atoms with Crippen molar-refractivity contribution in [1.82, 2.24) is 19.5 Å². The number of carbonyl (C=O) groups is 2. The Morgan fingerprint density at radius 2 is 2.27 bits per heavy atom. The Balaban J connectivity index is 1.80. The molecule has 1 aliphatic heterocycles. The standard InChI is InChI=1S/C13H14N4O4S/c18-10(14-13(11(19)20)4-6-22-8-13)7-17-12(21)16-5-2-1-3-9(16)15-17/h1-3,5H,4,6-8H2,(H,14,18)(H,19,20)/t13-/m0/s1. The van der Waals surface area contributed by atoms with Crippen molar-refractivity contribution in [3.63, 3.8) is 0 Å². The van der Waals surface area contributed by atoms with Crippen LogP contribution in [-0.2, 0) is 16.1 Å². The highest BCUT2D eigenvalue weighted by molar-refractivity contribution is 7.99. The number of carboxylic acid groups (broad SMARTS) is 1. The molecule has 1 aliphatic rings. The fraction of sp³-hybridized carbons (Fsp3) is 0.385. The summed E-state index contributed by atoms with van der Waals surface area (Å²) in [7, 11) is 0. The second kappa shape index (κ2) is 5.48. The number of nitrogens with one attached hydrogen (secondary N) is 1. The van der Waals surface area contributed by atoms with E-state index in [1.54, 1.807) is 24.4 Å². The van der Waals surface area contributed by atoms with Gasteiger partial charge in [-0.15, -0.1) is 5.10 Å². The van der Waals surface area contributed by atoms with E-state index in [-0.39, 0.29) is 6.54 Å². The number of hydrogen-bond acceptors (Lipinski definition) is 5. The molecule has 0 spiro atoms. The molecule has 3 rings (SSSR count). The number of carbonyl (C=O) groups excluding carboxylic acids is 1. The highest BCUT2D eigenvalue weighted by atomic mass is 32.2. The Hall–Kier alpha value is -2.29. The summed E-state index contributed by atoms with van der Waals surface area (Å²) in [5, 5.41) is 15.9. The van der Waals surface area contributed by atoms with E-state index >= 15 is 0 Å². The average molecular weight is 322 g/mol. The van der Waals surface area contributed by atoms with Gasteiger partial charge in [0, 0.05) is 11.9 Å². The van der Waals surface area contributed by atoms with Gasteiger partial charge in [0.15, 0.2) is 5.65 Å². The molecule has 0 bridgehead atoms. The Morgan fingerprint density at radius 1 is 1.45 bits per heavy atom. The number of amides is 1. The maximum Gasteiger partial charge on any atom is 0.350 e. The summed E-state index contributed by atoms with van der Waals surface area (Å²) in [5.41, 5.74) is -1.24. The first-order valence-corrected chi connectivity index (χ1v) is 7.84. The molecule has 0 radical (unpaired) electrons. The summed E-state index contributed by atoms with van der Waals surface area (Å²) in [4.78, 5) is 35.6. The topological polar surface area (TPSA) is 106 Å². The van der Waals surface area contributed by atoms with Crippen LogP contribution >= 0.6 is 11.8 Å². The van der Waals surface area contributed by atoms with Crippen molar-refractivity contribution in [3.05, 3.63) is 34.9 Å². The molecular formula is C13H14N4O4S. The fourth-order valence-corrected chi connectivity index (χ4v) is 3.72. The van der Waals surface area contributed by atoms with Gasteiger partial charge in [-0.3, -0.25) is 9.20 Å². The van der Waals surface area contributed by atoms with Crippen LogP contribution in [0, 0.1) is 0 Å². The van der Waals surface area contributed by atoms with Gasteiger partial charge in [0.1, 0.15) is 12.1 Å². The van der Waals surface area contributed by atoms with Gasteiger partial charge >= 0.3 is 11.7 Å². The van der Waals surface area contributed by atoms with E-state index in [2.05, 4.69) is 10.4 Å². The van der Waals surface area contributed by atoms with Crippen LogP contribution < -0.4 is 11.0 Å². The summed E-state index contributed by atoms with van der Waals surface area (Å²) < 4.78 is 2.36. The Kier molecular flexibility index (Phi) is 3.65. The Bertz CT molecular complexity index is 791. The highest BCUT2D eigenvalue weighted by Crippen LogP contribution is 2.28. The number of hydrogen-bond donors (Lipinski definition) is 2. The molecule has 0 aromatic carbocycles. The predicted octanol–water partition coefficient (Wildman–Crippen LogP) is -0.427. The summed E-state index contributed by atoms with van der Waals surface area (Å²) in [6.07, 6.45) is 1.93. The third kappa shape index (κ3) is 2.47. The maximum atomic E-state index is 12.1. The van der Waals surface area contributed by atoms with Crippen molar-refractivity contribution in [2.45, 2.75) is 18.5 Å². The lowest BCUT2D eigenvalue weighted by molar-refractivity contribution is -0.146. The zero-order chi connectivity index (χ0) is 15.7. The van der Waals surface area contributed by atoms with Crippen molar-refractivity contribution < 1.29 is 14.7 Å². The largest absolute Gasteiger partial charge is 0.479 e. The molecule has 1 saturated heterocycles. The van der Waals surface area contributed by atoms with Crippen LogP contribution in [0.4, 0.5) is 0 Å². The van der Waals surface area contributed by atoms with Gasteiger partial charge in [-0.05, 0) is 24.3 Å². The first kappa shape index (κ1) is 14.6. The molecule has 1 amide bonds. The van der Waals surface area contributed by atoms with Crippen molar-refractivity contribution >= 4 is 29.3 Å². The first-order chi connectivity index (χ1) is 10.5. The third-order valence-corrected chi connectivity index (χ3v) is 4.78. The zero-order valence-corrected chi connectivity index (χ0v) is 12.4. The van der Waals surface area contributed by atoms with E-state index in [4.69, 9.17) is 0 Å². The lowest BCUT2D eigenvalue weighted by atomic mass is 9.99. The van der Waals surface area contributed by atoms with Crippen LogP contribution in [0.15, 0.2) is 29.2 Å². The summed E-state index contributed by atoms with van der Waals surface area (Å²) in [6.45, 7) is -0.305. The van der Waals surface area contributed by atoms with Crippen LogP contribution in [-0.4, -0.2) is 48.2 Å². The average Bonchev–Trinajstić information content (AvgIpc) is 3.06. The number of rotatable bonds is 4. The minimum atomic E-state index is -1.25. The monoisotopic (exact) mass is 322 g/mol. The van der Waals surface area contributed by atoms with Gasteiger partial charge in [-0.2, -0.15) is 11.8 Å². The van der Waals surface area contributed by atoms with E-state index in [9.17, 15) is 19.5 Å². The molecule has 2 aromatic rings. The number of aliphatic carboxylic acids is 1. The molecule has 2 aromatic heterocycles. The number of aromatic nitrogens is 3. The van der Waals surface area contributed by atoms with Crippen molar-refractivity contribution in [2.75, 3.05) is 11.5 Å². The van der Waals surface area contributed by atoms with E-state index < -0.39 is 23.1 Å². The molecule has 2 N–H and O–H groups in total. The Morgan fingerprint density at radius 3 is 2.91 bits per heavy atom. The van der Waals surface area contributed by atoms with Crippen LogP contribution in [0.1, 0.15) is 6.42 Å². The molecule has 3 heterocycles. The zero-order valence-electron chi connectivity index (χ0n) is 11.6. The smallest absolute Gasteiger partial charge is 0.350 e. The minimum Gasteiger partial charge on any atom is -0.479 e. The third-order valence-electron chi connectivity index (χ3n) is 3.59. The maximum absolute atomic E-state index is 12.1.